The van der Waals surface area contributed by atoms with Crippen molar-refractivity contribution in [1.82, 2.24) is 0 Å². The second-order valence-electron chi connectivity index (χ2n) is 3.73. The smallest absolute Gasteiger partial charge is 0.155 e. The Kier molecular flexibility index (Phi) is 3.08. The topological polar surface area (TPSA) is 13.1 Å². The first-order valence-electron chi connectivity index (χ1n) is 4.84. The normalized spacial score (nSPS) is 11.6. The van der Waals surface area contributed by atoms with Gasteiger partial charge in [-0.15, -0.1) is 0 Å². The van der Waals surface area contributed by atoms with Crippen LogP contribution in [0.15, 0.2) is 22.6 Å². The molecule has 1 heterocycles. The number of benzene rings is 2. The third-order valence-electron chi connectivity index (χ3n) is 2.64. The fourth-order valence-electron chi connectivity index (χ4n) is 1.81. The Morgan fingerprint density at radius 3 is 2.00 bits per heavy atom. The van der Waals surface area contributed by atoms with Crippen LogP contribution in [0.4, 0.5) is 0 Å². The summed E-state index contributed by atoms with van der Waals surface area (Å²) in [5.41, 5.74) is 1.05. The molecule has 0 atom stereocenters. The van der Waals surface area contributed by atoms with Gasteiger partial charge in [0.2, 0.25) is 0 Å². The summed E-state index contributed by atoms with van der Waals surface area (Å²) in [5, 5.41) is 3.31. The van der Waals surface area contributed by atoms with E-state index in [2.05, 4.69) is 0 Å². The van der Waals surface area contributed by atoms with Crippen LogP contribution in [0.2, 0.25) is 25.1 Å². The van der Waals surface area contributed by atoms with E-state index >= 15 is 0 Å². The van der Waals surface area contributed by atoms with E-state index in [0.29, 0.717) is 26.2 Å². The van der Waals surface area contributed by atoms with Crippen LogP contribution in [0.5, 0.6) is 0 Å². The minimum Gasteiger partial charge on any atom is -0.454 e. The molecule has 0 aliphatic heterocycles. The van der Waals surface area contributed by atoms with Gasteiger partial charge in [-0.05, 0) is 12.1 Å². The molecule has 0 bridgehead atoms. The number of rotatable bonds is 0. The minimum atomic E-state index is 0.266. The van der Waals surface area contributed by atoms with Crippen molar-refractivity contribution < 1.29 is 4.42 Å². The minimum absolute atomic E-state index is 0.266. The molecule has 0 amide bonds. The SMILES string of the molecule is Clc1cc2oc3c(Cl)c(Cl)c(Cl)cc3c2cc1Cl. The van der Waals surface area contributed by atoms with Crippen LogP contribution in [-0.4, -0.2) is 0 Å². The van der Waals surface area contributed by atoms with Crippen molar-refractivity contribution in [2.45, 2.75) is 0 Å². The Bertz CT molecular complexity index is 790. The van der Waals surface area contributed by atoms with Crippen molar-refractivity contribution in [2.75, 3.05) is 0 Å². The van der Waals surface area contributed by atoms with Crippen molar-refractivity contribution in [3.05, 3.63) is 43.3 Å². The Morgan fingerprint density at radius 2 is 1.28 bits per heavy atom. The Balaban J connectivity index is 2.56. The summed E-state index contributed by atoms with van der Waals surface area (Å²) in [6, 6.07) is 5.05. The van der Waals surface area contributed by atoms with Crippen LogP contribution in [-0.2, 0) is 0 Å². The molecule has 92 valence electrons. The maximum atomic E-state index is 6.11. The second kappa shape index (κ2) is 4.36. The number of hydrogen-bond acceptors (Lipinski definition) is 1. The van der Waals surface area contributed by atoms with E-state index in [-0.39, 0.29) is 10.0 Å². The molecule has 6 heteroatoms. The molecular weight excluding hydrogens is 337 g/mol. The number of furan rings is 1. The van der Waals surface area contributed by atoms with Gasteiger partial charge in [-0.3, -0.25) is 0 Å². The molecule has 0 radical (unpaired) electrons. The van der Waals surface area contributed by atoms with Gasteiger partial charge in [0.05, 0.1) is 20.1 Å². The first-order valence-corrected chi connectivity index (χ1v) is 6.73. The summed E-state index contributed by atoms with van der Waals surface area (Å²) in [5.74, 6) is 0. The standard InChI is InChI=1S/C12H3Cl5O/c13-6-1-4-5-2-8(15)10(16)11(17)12(5)18-9(4)3-7(6)14/h1-3H. The highest BCUT2D eigenvalue weighted by molar-refractivity contribution is 6.51. The first-order chi connectivity index (χ1) is 8.49. The lowest BCUT2D eigenvalue weighted by atomic mass is 10.1. The molecule has 0 spiro atoms. The predicted molar refractivity (Wildman–Crippen MR) is 78.8 cm³/mol. The highest BCUT2D eigenvalue weighted by Crippen LogP contribution is 2.42. The lowest BCUT2D eigenvalue weighted by molar-refractivity contribution is 0.669. The highest BCUT2D eigenvalue weighted by atomic mass is 35.5. The highest BCUT2D eigenvalue weighted by Gasteiger charge is 2.16. The van der Waals surface area contributed by atoms with Gasteiger partial charge in [0.1, 0.15) is 10.6 Å². The van der Waals surface area contributed by atoms with Crippen LogP contribution in [0.25, 0.3) is 21.9 Å². The Morgan fingerprint density at radius 1 is 0.667 bits per heavy atom. The Hall–Kier alpha value is -0.310. The number of hydrogen-bond donors (Lipinski definition) is 0. The Labute approximate surface area is 127 Å². The molecule has 0 unspecified atom stereocenters. The monoisotopic (exact) mass is 338 g/mol. The average molecular weight is 340 g/mol. The molecular formula is C12H3Cl5O. The van der Waals surface area contributed by atoms with Crippen LogP contribution in [0.3, 0.4) is 0 Å². The van der Waals surface area contributed by atoms with Gasteiger partial charge in [-0.25, -0.2) is 0 Å². The zero-order chi connectivity index (χ0) is 13.0. The number of halogens is 5. The zero-order valence-electron chi connectivity index (χ0n) is 8.53. The third-order valence-corrected chi connectivity index (χ3v) is 4.61. The van der Waals surface area contributed by atoms with Crippen molar-refractivity contribution in [3.63, 3.8) is 0 Å². The second-order valence-corrected chi connectivity index (χ2v) is 5.71. The molecule has 0 aliphatic carbocycles. The van der Waals surface area contributed by atoms with Crippen molar-refractivity contribution in [3.8, 4) is 0 Å². The fraction of sp³-hybridized carbons (Fsp3) is 0. The molecule has 0 saturated heterocycles. The lowest BCUT2D eigenvalue weighted by Gasteiger charge is -1.99. The summed E-state index contributed by atoms with van der Waals surface area (Å²) in [7, 11) is 0. The van der Waals surface area contributed by atoms with Gasteiger partial charge in [0.25, 0.3) is 0 Å². The summed E-state index contributed by atoms with van der Waals surface area (Å²) in [6.45, 7) is 0. The first kappa shape index (κ1) is 12.7. The maximum Gasteiger partial charge on any atom is 0.155 e. The molecule has 0 aliphatic rings. The van der Waals surface area contributed by atoms with Crippen LogP contribution < -0.4 is 0 Å². The van der Waals surface area contributed by atoms with Crippen molar-refractivity contribution >= 4 is 79.9 Å². The van der Waals surface area contributed by atoms with E-state index in [0.717, 1.165) is 10.8 Å². The van der Waals surface area contributed by atoms with Crippen molar-refractivity contribution in [1.29, 1.82) is 0 Å². The summed E-state index contributed by atoms with van der Waals surface area (Å²) in [6.07, 6.45) is 0. The fourth-order valence-corrected chi connectivity index (χ4v) is 2.76. The summed E-state index contributed by atoms with van der Waals surface area (Å²) >= 11 is 30.0. The quantitative estimate of drug-likeness (QED) is 0.408. The number of fused-ring (bicyclic) bond motifs is 3. The molecule has 0 N–H and O–H groups in total. The maximum absolute atomic E-state index is 6.11. The predicted octanol–water partition coefficient (Wildman–Crippen LogP) is 6.85. The van der Waals surface area contributed by atoms with E-state index in [1.807, 2.05) is 0 Å². The molecule has 2 aromatic carbocycles. The van der Waals surface area contributed by atoms with Gasteiger partial charge in [-0.2, -0.15) is 0 Å². The van der Waals surface area contributed by atoms with Gasteiger partial charge in [0, 0.05) is 16.8 Å². The van der Waals surface area contributed by atoms with E-state index in [1.54, 1.807) is 18.2 Å². The summed E-state index contributed by atoms with van der Waals surface area (Å²) in [4.78, 5) is 0. The molecule has 0 fully saturated rings. The zero-order valence-corrected chi connectivity index (χ0v) is 12.3. The molecule has 3 rings (SSSR count). The molecule has 0 saturated carbocycles. The van der Waals surface area contributed by atoms with Gasteiger partial charge >= 0.3 is 0 Å². The van der Waals surface area contributed by atoms with E-state index in [1.165, 1.54) is 0 Å². The molecule has 18 heavy (non-hydrogen) atoms. The van der Waals surface area contributed by atoms with Crippen LogP contribution >= 0.6 is 58.0 Å². The van der Waals surface area contributed by atoms with E-state index in [9.17, 15) is 0 Å². The van der Waals surface area contributed by atoms with Crippen molar-refractivity contribution in [2.24, 2.45) is 0 Å². The van der Waals surface area contributed by atoms with Gasteiger partial charge < -0.3 is 4.42 Å². The van der Waals surface area contributed by atoms with Gasteiger partial charge in [-0.1, -0.05) is 58.0 Å². The van der Waals surface area contributed by atoms with E-state index in [4.69, 9.17) is 62.4 Å². The van der Waals surface area contributed by atoms with Crippen LogP contribution in [0, 0.1) is 0 Å². The van der Waals surface area contributed by atoms with E-state index < -0.39 is 0 Å². The average Bonchev–Trinajstić information content (AvgIpc) is 2.66. The molecule has 1 nitrogen and oxygen atoms in total. The molecule has 1 aromatic heterocycles. The summed E-state index contributed by atoms with van der Waals surface area (Å²) < 4.78 is 5.64. The van der Waals surface area contributed by atoms with Gasteiger partial charge in [0.15, 0.2) is 5.58 Å². The lowest BCUT2D eigenvalue weighted by Crippen LogP contribution is -1.74. The third kappa shape index (κ3) is 1.77. The molecule has 3 aromatic rings. The van der Waals surface area contributed by atoms with Crippen LogP contribution in [0.1, 0.15) is 0 Å². The largest absolute Gasteiger partial charge is 0.454 e.